The smallest absolute Gasteiger partial charge is 0.354 e. The molecule has 25 heavy (non-hydrogen) atoms. The average molecular weight is 344 g/mol. The Kier molecular flexibility index (Phi) is 4.10. The summed E-state index contributed by atoms with van der Waals surface area (Å²) in [5.74, 6) is -1.62. The number of esters is 1. The van der Waals surface area contributed by atoms with Crippen LogP contribution >= 0.6 is 0 Å². The summed E-state index contributed by atoms with van der Waals surface area (Å²) >= 11 is 0. The lowest BCUT2D eigenvalue weighted by molar-refractivity contribution is -0.160. The number of anilines is 1. The van der Waals surface area contributed by atoms with E-state index in [1.807, 2.05) is 0 Å². The first-order chi connectivity index (χ1) is 11.8. The normalized spacial score (nSPS) is 22.1. The molecule has 7 heteroatoms. The Hall–Kier alpha value is -2.70. The third-order valence-corrected chi connectivity index (χ3v) is 4.55. The molecule has 2 heterocycles. The van der Waals surface area contributed by atoms with Crippen molar-refractivity contribution in [3.63, 3.8) is 0 Å². The fourth-order valence-corrected chi connectivity index (χ4v) is 3.66. The van der Waals surface area contributed by atoms with Crippen molar-refractivity contribution in [3.8, 4) is 0 Å². The van der Waals surface area contributed by atoms with Gasteiger partial charge in [0.15, 0.2) is 5.78 Å². The third kappa shape index (κ3) is 2.42. The highest BCUT2D eigenvalue weighted by molar-refractivity contribution is 6.15. The number of hydrogen-bond donors (Lipinski definition) is 0. The molecule has 3 rings (SSSR count). The molecule has 0 aromatic heterocycles. The van der Waals surface area contributed by atoms with E-state index in [-0.39, 0.29) is 43.1 Å². The van der Waals surface area contributed by atoms with Crippen LogP contribution in [0.2, 0.25) is 0 Å². The van der Waals surface area contributed by atoms with Gasteiger partial charge in [0, 0.05) is 18.9 Å². The van der Waals surface area contributed by atoms with Crippen LogP contribution in [0.1, 0.15) is 44.0 Å². The first-order valence-electron chi connectivity index (χ1n) is 8.23. The van der Waals surface area contributed by atoms with Crippen LogP contribution in [0.4, 0.5) is 5.69 Å². The van der Waals surface area contributed by atoms with E-state index in [0.29, 0.717) is 11.3 Å². The predicted molar refractivity (Wildman–Crippen MR) is 88.8 cm³/mol. The van der Waals surface area contributed by atoms with E-state index < -0.39 is 11.6 Å². The zero-order valence-electron chi connectivity index (χ0n) is 14.4. The minimum atomic E-state index is -1.54. The highest BCUT2D eigenvalue weighted by Crippen LogP contribution is 2.45. The molecule has 2 aliphatic heterocycles. The lowest BCUT2D eigenvalue weighted by Crippen LogP contribution is -2.70. The van der Waals surface area contributed by atoms with Gasteiger partial charge >= 0.3 is 5.97 Å². The predicted octanol–water partition coefficient (Wildman–Crippen LogP) is 1.51. The number of ketones is 1. The number of nitrogens with zero attached hydrogens (tertiary/aromatic N) is 2. The Labute approximate surface area is 145 Å². The molecule has 1 fully saturated rings. The molecule has 0 bridgehead atoms. The van der Waals surface area contributed by atoms with Crippen molar-refractivity contribution in [1.82, 2.24) is 4.90 Å². The van der Waals surface area contributed by atoms with Crippen molar-refractivity contribution >= 4 is 29.3 Å². The van der Waals surface area contributed by atoms with Gasteiger partial charge in [-0.05, 0) is 32.9 Å². The first-order valence-corrected chi connectivity index (χ1v) is 8.23. The van der Waals surface area contributed by atoms with Gasteiger partial charge in [-0.1, -0.05) is 12.1 Å². The van der Waals surface area contributed by atoms with Gasteiger partial charge in [0.2, 0.25) is 11.6 Å². The summed E-state index contributed by atoms with van der Waals surface area (Å²) in [6.45, 7) is 4.49. The summed E-state index contributed by atoms with van der Waals surface area (Å²) in [7, 11) is 0. The minimum Gasteiger partial charge on any atom is -0.455 e. The quantitative estimate of drug-likeness (QED) is 0.773. The molecule has 0 aliphatic carbocycles. The number of para-hydroxylation sites is 1. The molecule has 1 aromatic rings. The SMILES string of the molecule is CC(=O)COC(=O)C12CCC(=O)N1c1ccccc1C(=O)N2C(C)C. The second-order valence-electron chi connectivity index (χ2n) is 6.61. The number of Topliss-reactive ketones (excluding diaryl/α,β-unsaturated/α-hetero) is 1. The van der Waals surface area contributed by atoms with Crippen LogP contribution in [-0.4, -0.2) is 46.8 Å². The topological polar surface area (TPSA) is 84.0 Å². The molecule has 7 nitrogen and oxygen atoms in total. The van der Waals surface area contributed by atoms with E-state index in [1.54, 1.807) is 38.1 Å². The number of carbonyl (C=O) groups is 4. The number of ether oxygens (including phenoxy) is 1. The summed E-state index contributed by atoms with van der Waals surface area (Å²) in [6.07, 6.45) is 0.265. The summed E-state index contributed by atoms with van der Waals surface area (Å²) in [4.78, 5) is 52.6. The average Bonchev–Trinajstić information content (AvgIpc) is 2.91. The molecule has 0 spiro atoms. The number of fused-ring (bicyclic) bond motifs is 3. The maximum absolute atomic E-state index is 13.1. The van der Waals surface area contributed by atoms with Gasteiger partial charge in [-0.2, -0.15) is 0 Å². The lowest BCUT2D eigenvalue weighted by atomic mass is 9.95. The van der Waals surface area contributed by atoms with Crippen molar-refractivity contribution in [1.29, 1.82) is 0 Å². The van der Waals surface area contributed by atoms with Crippen LogP contribution in [-0.2, 0) is 19.1 Å². The summed E-state index contributed by atoms with van der Waals surface area (Å²) < 4.78 is 5.16. The Morgan fingerprint density at radius 1 is 1.24 bits per heavy atom. The largest absolute Gasteiger partial charge is 0.455 e. The van der Waals surface area contributed by atoms with Gasteiger partial charge in [0.25, 0.3) is 5.91 Å². The van der Waals surface area contributed by atoms with E-state index >= 15 is 0 Å². The second kappa shape index (κ2) is 5.98. The zero-order valence-corrected chi connectivity index (χ0v) is 14.4. The number of amides is 2. The molecule has 1 saturated heterocycles. The number of hydrogen-bond acceptors (Lipinski definition) is 5. The minimum absolute atomic E-state index is 0.125. The molecule has 0 radical (unpaired) electrons. The van der Waals surface area contributed by atoms with Crippen LogP contribution in [0.3, 0.4) is 0 Å². The van der Waals surface area contributed by atoms with Crippen molar-refractivity contribution in [3.05, 3.63) is 29.8 Å². The Morgan fingerprint density at radius 3 is 2.56 bits per heavy atom. The number of rotatable bonds is 4. The number of carbonyl (C=O) groups excluding carboxylic acids is 4. The van der Waals surface area contributed by atoms with Crippen molar-refractivity contribution in [2.24, 2.45) is 0 Å². The van der Waals surface area contributed by atoms with Crippen LogP contribution in [0, 0.1) is 0 Å². The van der Waals surface area contributed by atoms with E-state index in [2.05, 4.69) is 0 Å². The molecule has 0 N–H and O–H groups in total. The molecule has 132 valence electrons. The third-order valence-electron chi connectivity index (χ3n) is 4.55. The van der Waals surface area contributed by atoms with Crippen LogP contribution in [0.15, 0.2) is 24.3 Å². The van der Waals surface area contributed by atoms with Gasteiger partial charge < -0.3 is 9.64 Å². The van der Waals surface area contributed by atoms with Crippen molar-refractivity contribution in [2.75, 3.05) is 11.5 Å². The van der Waals surface area contributed by atoms with Crippen LogP contribution in [0.5, 0.6) is 0 Å². The molecule has 2 amide bonds. The Balaban J connectivity index is 2.18. The van der Waals surface area contributed by atoms with Crippen LogP contribution < -0.4 is 4.90 Å². The molecule has 1 aromatic carbocycles. The standard InChI is InChI=1S/C18H20N2O5/c1-11(2)19-16(23)13-6-4-5-7-14(13)20-15(22)8-9-18(19,20)17(24)25-10-12(3)21/h4-7,11H,8-10H2,1-3H3. The maximum Gasteiger partial charge on any atom is 0.354 e. The van der Waals surface area contributed by atoms with Gasteiger partial charge in [-0.15, -0.1) is 0 Å². The van der Waals surface area contributed by atoms with Gasteiger partial charge in [-0.25, -0.2) is 4.79 Å². The summed E-state index contributed by atoms with van der Waals surface area (Å²) in [5.41, 5.74) is -0.750. The summed E-state index contributed by atoms with van der Waals surface area (Å²) in [5, 5.41) is 0. The highest BCUT2D eigenvalue weighted by Gasteiger charge is 2.62. The van der Waals surface area contributed by atoms with Gasteiger partial charge in [0.1, 0.15) is 6.61 Å². The fourth-order valence-electron chi connectivity index (χ4n) is 3.66. The second-order valence-corrected chi connectivity index (χ2v) is 6.61. The van der Waals surface area contributed by atoms with Gasteiger partial charge in [-0.3, -0.25) is 19.3 Å². The summed E-state index contributed by atoms with van der Waals surface area (Å²) in [6, 6.07) is 6.40. The van der Waals surface area contributed by atoms with E-state index in [4.69, 9.17) is 4.74 Å². The van der Waals surface area contributed by atoms with Gasteiger partial charge in [0.05, 0.1) is 11.3 Å². The molecule has 1 unspecified atom stereocenters. The maximum atomic E-state index is 13.1. The van der Waals surface area contributed by atoms with Crippen molar-refractivity contribution < 1.29 is 23.9 Å². The zero-order chi connectivity index (χ0) is 18.4. The van der Waals surface area contributed by atoms with Crippen LogP contribution in [0.25, 0.3) is 0 Å². The monoisotopic (exact) mass is 344 g/mol. The van der Waals surface area contributed by atoms with E-state index in [1.165, 1.54) is 16.7 Å². The first kappa shape index (κ1) is 17.1. The van der Waals surface area contributed by atoms with Crippen molar-refractivity contribution in [2.45, 2.75) is 45.3 Å². The highest BCUT2D eigenvalue weighted by atomic mass is 16.5. The van der Waals surface area contributed by atoms with E-state index in [0.717, 1.165) is 0 Å². The molecule has 2 aliphatic rings. The Bertz CT molecular complexity index is 772. The molecular formula is C18H20N2O5. The Morgan fingerprint density at radius 2 is 1.92 bits per heavy atom. The fraction of sp³-hybridized carbons (Fsp3) is 0.444. The lowest BCUT2D eigenvalue weighted by Gasteiger charge is -2.50. The molecule has 0 saturated carbocycles. The molecular weight excluding hydrogens is 324 g/mol. The molecule has 1 atom stereocenters. The number of benzene rings is 1. The van der Waals surface area contributed by atoms with E-state index in [9.17, 15) is 19.2 Å².